The van der Waals surface area contributed by atoms with Gasteiger partial charge in [0.25, 0.3) is 0 Å². The Kier molecular flexibility index (Phi) is 4.58. The number of nitrogens with zero attached hydrogens (tertiary/aromatic N) is 1. The summed E-state index contributed by atoms with van der Waals surface area (Å²) in [6.07, 6.45) is 1.25. The average Bonchev–Trinajstić information content (AvgIpc) is 2.05. The molecule has 12 heavy (non-hydrogen) atoms. The van der Waals surface area contributed by atoms with E-state index in [2.05, 4.69) is 29.5 Å². The largest absolute Gasteiger partial charge is 0.317 e. The van der Waals surface area contributed by atoms with Crippen molar-refractivity contribution in [3.8, 4) is 0 Å². The first kappa shape index (κ1) is 9.96. The zero-order valence-electron chi connectivity index (χ0n) is 8.27. The molecule has 1 fully saturated rings. The summed E-state index contributed by atoms with van der Waals surface area (Å²) >= 11 is 0. The van der Waals surface area contributed by atoms with Crippen molar-refractivity contribution in [2.24, 2.45) is 0 Å². The second-order valence-electron chi connectivity index (χ2n) is 3.56. The minimum atomic E-state index is 0.697. The van der Waals surface area contributed by atoms with Crippen LogP contribution in [-0.2, 0) is 0 Å². The third-order valence-electron chi connectivity index (χ3n) is 2.38. The maximum Gasteiger partial charge on any atom is 0.0207 e. The Morgan fingerprint density at radius 2 is 2.42 bits per heavy atom. The highest BCUT2D eigenvalue weighted by Crippen LogP contribution is 1.98. The first-order chi connectivity index (χ1) is 5.83. The van der Waals surface area contributed by atoms with Crippen LogP contribution in [0.15, 0.2) is 0 Å². The number of hydrogen-bond acceptors (Lipinski definition) is 3. The fourth-order valence-electron chi connectivity index (χ4n) is 1.64. The second kappa shape index (κ2) is 5.51. The zero-order valence-corrected chi connectivity index (χ0v) is 8.27. The van der Waals surface area contributed by atoms with Crippen molar-refractivity contribution < 1.29 is 0 Å². The summed E-state index contributed by atoms with van der Waals surface area (Å²) < 4.78 is 0. The molecule has 0 aromatic carbocycles. The van der Waals surface area contributed by atoms with E-state index in [4.69, 9.17) is 0 Å². The standard InChI is InChI=1S/C9H21N3/c1-3-10-5-4-9-8-12(2)7-6-11-9/h9-11H,3-8H2,1-2H3. The molecule has 0 aromatic heterocycles. The van der Waals surface area contributed by atoms with Gasteiger partial charge in [-0.15, -0.1) is 0 Å². The van der Waals surface area contributed by atoms with E-state index in [-0.39, 0.29) is 0 Å². The van der Waals surface area contributed by atoms with E-state index >= 15 is 0 Å². The minimum Gasteiger partial charge on any atom is -0.317 e. The van der Waals surface area contributed by atoms with Gasteiger partial charge in [0.05, 0.1) is 0 Å². The smallest absolute Gasteiger partial charge is 0.0207 e. The number of hydrogen-bond donors (Lipinski definition) is 2. The normalized spacial score (nSPS) is 26.0. The van der Waals surface area contributed by atoms with Gasteiger partial charge in [0.2, 0.25) is 0 Å². The molecule has 2 N–H and O–H groups in total. The lowest BCUT2D eigenvalue weighted by Gasteiger charge is -2.30. The van der Waals surface area contributed by atoms with E-state index in [1.54, 1.807) is 0 Å². The maximum atomic E-state index is 3.53. The summed E-state index contributed by atoms with van der Waals surface area (Å²) in [6, 6.07) is 0.697. The number of piperazine rings is 1. The van der Waals surface area contributed by atoms with Crippen LogP contribution >= 0.6 is 0 Å². The molecule has 3 nitrogen and oxygen atoms in total. The Morgan fingerprint density at radius 3 is 3.08 bits per heavy atom. The topological polar surface area (TPSA) is 27.3 Å². The molecule has 1 rings (SSSR count). The van der Waals surface area contributed by atoms with Gasteiger partial charge in [-0.2, -0.15) is 0 Å². The van der Waals surface area contributed by atoms with Gasteiger partial charge in [0.1, 0.15) is 0 Å². The average molecular weight is 171 g/mol. The van der Waals surface area contributed by atoms with E-state index in [0.717, 1.165) is 19.6 Å². The highest BCUT2D eigenvalue weighted by molar-refractivity contribution is 4.76. The third kappa shape index (κ3) is 3.52. The molecule has 0 spiro atoms. The van der Waals surface area contributed by atoms with Gasteiger partial charge in [-0.3, -0.25) is 0 Å². The maximum absolute atomic E-state index is 3.53. The van der Waals surface area contributed by atoms with Crippen molar-refractivity contribution in [1.82, 2.24) is 15.5 Å². The molecule has 0 amide bonds. The summed E-state index contributed by atoms with van der Waals surface area (Å²) in [5.74, 6) is 0. The molecule has 0 aromatic rings. The summed E-state index contributed by atoms with van der Waals surface area (Å²) in [5, 5.41) is 6.88. The van der Waals surface area contributed by atoms with Crippen LogP contribution in [0.1, 0.15) is 13.3 Å². The van der Waals surface area contributed by atoms with Crippen LogP contribution in [0, 0.1) is 0 Å². The minimum absolute atomic E-state index is 0.697. The van der Waals surface area contributed by atoms with E-state index < -0.39 is 0 Å². The molecule has 1 unspecified atom stereocenters. The monoisotopic (exact) mass is 171 g/mol. The predicted molar refractivity (Wildman–Crippen MR) is 52.4 cm³/mol. The number of nitrogens with one attached hydrogen (secondary N) is 2. The van der Waals surface area contributed by atoms with Crippen LogP contribution in [0.25, 0.3) is 0 Å². The third-order valence-corrected chi connectivity index (χ3v) is 2.38. The van der Waals surface area contributed by atoms with Gasteiger partial charge in [-0.1, -0.05) is 6.92 Å². The van der Waals surface area contributed by atoms with E-state index in [1.165, 1.54) is 19.5 Å². The first-order valence-electron chi connectivity index (χ1n) is 4.95. The SMILES string of the molecule is CCNCCC1CN(C)CCN1. The van der Waals surface area contributed by atoms with Crippen LogP contribution in [0.3, 0.4) is 0 Å². The Balaban J connectivity index is 2.06. The highest BCUT2D eigenvalue weighted by atomic mass is 15.2. The molecule has 0 saturated carbocycles. The van der Waals surface area contributed by atoms with Crippen molar-refractivity contribution in [2.45, 2.75) is 19.4 Å². The molecule has 1 aliphatic rings. The van der Waals surface area contributed by atoms with E-state index in [9.17, 15) is 0 Å². The van der Waals surface area contributed by atoms with Crippen LogP contribution in [0.2, 0.25) is 0 Å². The van der Waals surface area contributed by atoms with Crippen molar-refractivity contribution in [2.75, 3.05) is 39.8 Å². The predicted octanol–water partition coefficient (Wildman–Crippen LogP) is -0.110. The fraction of sp³-hybridized carbons (Fsp3) is 1.00. The van der Waals surface area contributed by atoms with Gasteiger partial charge < -0.3 is 15.5 Å². The Morgan fingerprint density at radius 1 is 1.58 bits per heavy atom. The Bertz CT molecular complexity index is 116. The summed E-state index contributed by atoms with van der Waals surface area (Å²) in [4.78, 5) is 2.40. The highest BCUT2D eigenvalue weighted by Gasteiger charge is 2.14. The van der Waals surface area contributed by atoms with E-state index in [1.807, 2.05) is 0 Å². The van der Waals surface area contributed by atoms with Crippen LogP contribution in [-0.4, -0.2) is 50.7 Å². The lowest BCUT2D eigenvalue weighted by atomic mass is 10.1. The molecule has 1 saturated heterocycles. The summed E-state index contributed by atoms with van der Waals surface area (Å²) in [6.45, 7) is 7.92. The van der Waals surface area contributed by atoms with Crippen molar-refractivity contribution in [3.05, 3.63) is 0 Å². The quantitative estimate of drug-likeness (QED) is 0.578. The van der Waals surface area contributed by atoms with E-state index in [0.29, 0.717) is 6.04 Å². The second-order valence-corrected chi connectivity index (χ2v) is 3.56. The fourth-order valence-corrected chi connectivity index (χ4v) is 1.64. The summed E-state index contributed by atoms with van der Waals surface area (Å²) in [7, 11) is 2.20. The molecule has 0 bridgehead atoms. The number of rotatable bonds is 4. The first-order valence-corrected chi connectivity index (χ1v) is 4.95. The zero-order chi connectivity index (χ0) is 8.81. The molecule has 1 aliphatic heterocycles. The molecule has 3 heteroatoms. The Labute approximate surface area is 75.5 Å². The van der Waals surface area contributed by atoms with Gasteiger partial charge in [-0.25, -0.2) is 0 Å². The lowest BCUT2D eigenvalue weighted by molar-refractivity contribution is 0.231. The van der Waals surface area contributed by atoms with Crippen LogP contribution in [0.5, 0.6) is 0 Å². The Hall–Kier alpha value is -0.120. The lowest BCUT2D eigenvalue weighted by Crippen LogP contribution is -2.49. The molecule has 72 valence electrons. The summed E-state index contributed by atoms with van der Waals surface area (Å²) in [5.41, 5.74) is 0. The van der Waals surface area contributed by atoms with Crippen molar-refractivity contribution in [1.29, 1.82) is 0 Å². The molecule has 0 aliphatic carbocycles. The van der Waals surface area contributed by atoms with Crippen molar-refractivity contribution >= 4 is 0 Å². The van der Waals surface area contributed by atoms with Crippen molar-refractivity contribution in [3.63, 3.8) is 0 Å². The van der Waals surface area contributed by atoms with Gasteiger partial charge >= 0.3 is 0 Å². The van der Waals surface area contributed by atoms with Crippen LogP contribution in [0.4, 0.5) is 0 Å². The van der Waals surface area contributed by atoms with Gasteiger partial charge in [-0.05, 0) is 26.6 Å². The molecule has 0 radical (unpaired) electrons. The molecule has 1 heterocycles. The number of likely N-dealkylation sites (N-methyl/N-ethyl adjacent to an activating group) is 1. The van der Waals surface area contributed by atoms with Gasteiger partial charge in [0, 0.05) is 25.7 Å². The van der Waals surface area contributed by atoms with Gasteiger partial charge in [0.15, 0.2) is 0 Å². The molecular formula is C9H21N3. The molecular weight excluding hydrogens is 150 g/mol. The van der Waals surface area contributed by atoms with Crippen LogP contribution < -0.4 is 10.6 Å². The molecule has 1 atom stereocenters.